The first-order chi connectivity index (χ1) is 6.77. The van der Waals surface area contributed by atoms with Crippen LogP contribution in [0, 0.1) is 11.3 Å². The molecule has 0 amide bonds. The van der Waals surface area contributed by atoms with Crippen LogP contribution < -0.4 is 0 Å². The van der Waals surface area contributed by atoms with Crippen molar-refractivity contribution in [1.29, 1.82) is 5.26 Å². The van der Waals surface area contributed by atoms with Crippen LogP contribution >= 0.6 is 0 Å². The van der Waals surface area contributed by atoms with Gasteiger partial charge in [-0.1, -0.05) is 0 Å². The fraction of sp³-hybridized carbons (Fsp3) is 0.300. The van der Waals surface area contributed by atoms with Crippen molar-refractivity contribution in [3.05, 3.63) is 22.9 Å². The van der Waals surface area contributed by atoms with Crippen LogP contribution in [-0.4, -0.2) is 30.1 Å². The highest BCUT2D eigenvalue weighted by Gasteiger charge is 2.26. The average molecular weight is 187 g/mol. The molecule has 0 bridgehead atoms. The Bertz CT molecular complexity index is 423. The molecule has 2 aliphatic rings. The summed E-state index contributed by atoms with van der Waals surface area (Å²) in [6.45, 7) is 3.22. The number of hydrogen-bond donors (Lipinski definition) is 0. The topological polar surface area (TPSA) is 56.5 Å². The molecule has 4 nitrogen and oxygen atoms in total. The number of nitriles is 1. The van der Waals surface area contributed by atoms with Crippen molar-refractivity contribution >= 4 is 12.1 Å². The number of carbonyl (C=O) groups excluding carboxylic acids is 1. The molecule has 4 heteroatoms. The molecule has 0 N–H and O–H groups in total. The SMILES string of the molecule is CC1=C(C#N)C2=NCCN2C=C1C=O. The third kappa shape index (κ3) is 1.06. The van der Waals surface area contributed by atoms with Crippen LogP contribution in [0.3, 0.4) is 0 Å². The molecule has 0 spiro atoms. The van der Waals surface area contributed by atoms with E-state index in [1.165, 1.54) is 0 Å². The zero-order valence-electron chi connectivity index (χ0n) is 7.82. The average Bonchev–Trinajstić information content (AvgIpc) is 2.64. The van der Waals surface area contributed by atoms with Gasteiger partial charge in [-0.25, -0.2) is 0 Å². The fourth-order valence-electron chi connectivity index (χ4n) is 1.64. The van der Waals surface area contributed by atoms with Crippen LogP contribution in [0.5, 0.6) is 0 Å². The summed E-state index contributed by atoms with van der Waals surface area (Å²) in [6, 6.07) is 2.10. The van der Waals surface area contributed by atoms with Crippen LogP contribution in [0.25, 0.3) is 0 Å². The lowest BCUT2D eigenvalue weighted by molar-refractivity contribution is -0.104. The summed E-state index contributed by atoms with van der Waals surface area (Å²) < 4.78 is 0. The van der Waals surface area contributed by atoms with Gasteiger partial charge in [0.25, 0.3) is 0 Å². The van der Waals surface area contributed by atoms with Crippen LogP contribution in [0.1, 0.15) is 6.92 Å². The second-order valence-corrected chi connectivity index (χ2v) is 3.21. The molecule has 2 rings (SSSR count). The van der Waals surface area contributed by atoms with Crippen LogP contribution in [-0.2, 0) is 4.79 Å². The van der Waals surface area contributed by atoms with E-state index in [4.69, 9.17) is 5.26 Å². The molecule has 0 fully saturated rings. The first kappa shape index (κ1) is 8.70. The van der Waals surface area contributed by atoms with Gasteiger partial charge in [0.1, 0.15) is 11.9 Å². The molecular weight excluding hydrogens is 178 g/mol. The second-order valence-electron chi connectivity index (χ2n) is 3.21. The summed E-state index contributed by atoms with van der Waals surface area (Å²) in [5.41, 5.74) is 1.81. The van der Waals surface area contributed by atoms with Crippen molar-refractivity contribution in [3.8, 4) is 6.07 Å². The maximum absolute atomic E-state index is 10.7. The van der Waals surface area contributed by atoms with E-state index in [0.29, 0.717) is 23.5 Å². The van der Waals surface area contributed by atoms with Crippen LogP contribution in [0.4, 0.5) is 0 Å². The molecule has 70 valence electrons. The van der Waals surface area contributed by atoms with Crippen molar-refractivity contribution in [3.63, 3.8) is 0 Å². The maximum Gasteiger partial charge on any atom is 0.151 e. The quantitative estimate of drug-likeness (QED) is 0.566. The molecule has 0 saturated heterocycles. The summed E-state index contributed by atoms with van der Waals surface area (Å²) in [5, 5.41) is 8.96. The number of aldehydes is 1. The minimum atomic E-state index is 0.520. The summed E-state index contributed by atoms with van der Waals surface area (Å²) >= 11 is 0. The Kier molecular flexibility index (Phi) is 1.93. The van der Waals surface area contributed by atoms with Gasteiger partial charge in [-0.15, -0.1) is 0 Å². The third-order valence-electron chi connectivity index (χ3n) is 2.44. The number of nitrogens with zero attached hydrogens (tertiary/aromatic N) is 3. The Morgan fingerprint density at radius 1 is 1.71 bits per heavy atom. The first-order valence-corrected chi connectivity index (χ1v) is 4.37. The number of fused-ring (bicyclic) bond motifs is 1. The molecule has 0 aliphatic carbocycles. The largest absolute Gasteiger partial charge is 0.330 e. The molecule has 0 aromatic rings. The van der Waals surface area contributed by atoms with Gasteiger partial charge in [0.2, 0.25) is 0 Å². The van der Waals surface area contributed by atoms with Crippen molar-refractivity contribution in [2.75, 3.05) is 13.1 Å². The molecule has 0 aromatic heterocycles. The normalized spacial score (nSPS) is 19.9. The third-order valence-corrected chi connectivity index (χ3v) is 2.44. The van der Waals surface area contributed by atoms with Gasteiger partial charge in [0.15, 0.2) is 6.29 Å². The Hall–Kier alpha value is -1.89. The van der Waals surface area contributed by atoms with Crippen LogP contribution in [0.2, 0.25) is 0 Å². The smallest absolute Gasteiger partial charge is 0.151 e. The monoisotopic (exact) mass is 187 g/mol. The number of rotatable bonds is 1. The van der Waals surface area contributed by atoms with E-state index in [-0.39, 0.29) is 0 Å². The number of aliphatic imine (C=N–C) groups is 1. The molecule has 2 heterocycles. The van der Waals surface area contributed by atoms with E-state index in [0.717, 1.165) is 18.4 Å². The van der Waals surface area contributed by atoms with E-state index in [1.54, 1.807) is 13.1 Å². The van der Waals surface area contributed by atoms with Gasteiger partial charge in [-0.3, -0.25) is 9.79 Å². The number of allylic oxidation sites excluding steroid dienone is 2. The highest BCUT2D eigenvalue weighted by molar-refractivity contribution is 6.07. The molecular formula is C10H9N3O. The van der Waals surface area contributed by atoms with Crippen molar-refractivity contribution in [1.82, 2.24) is 4.90 Å². The summed E-state index contributed by atoms with van der Waals surface area (Å²) in [4.78, 5) is 16.8. The lowest BCUT2D eigenvalue weighted by Gasteiger charge is -2.22. The second kappa shape index (κ2) is 3.11. The van der Waals surface area contributed by atoms with Crippen LogP contribution in [0.15, 0.2) is 27.9 Å². The molecule has 0 aromatic carbocycles. The van der Waals surface area contributed by atoms with Gasteiger partial charge in [-0.2, -0.15) is 5.26 Å². The standard InChI is InChI=1S/C10H9N3O/c1-7-8(6-14)5-13-3-2-12-10(13)9(7)4-11/h5-6H,2-3H2,1H3. The molecule has 0 radical (unpaired) electrons. The van der Waals surface area contributed by atoms with Crippen molar-refractivity contribution in [2.24, 2.45) is 4.99 Å². The number of carbonyl (C=O) groups is 1. The van der Waals surface area contributed by atoms with Gasteiger partial charge in [0.05, 0.1) is 12.1 Å². The van der Waals surface area contributed by atoms with E-state index < -0.39 is 0 Å². The molecule has 0 atom stereocenters. The van der Waals surface area contributed by atoms with Gasteiger partial charge >= 0.3 is 0 Å². The molecule has 14 heavy (non-hydrogen) atoms. The number of amidine groups is 1. The Balaban J connectivity index is 2.56. The predicted molar refractivity (Wildman–Crippen MR) is 51.5 cm³/mol. The lowest BCUT2D eigenvalue weighted by Crippen LogP contribution is -2.28. The summed E-state index contributed by atoms with van der Waals surface area (Å²) in [6.07, 6.45) is 2.54. The van der Waals surface area contributed by atoms with Gasteiger partial charge in [-0.05, 0) is 12.5 Å². The zero-order valence-corrected chi connectivity index (χ0v) is 7.82. The molecule has 0 unspecified atom stereocenters. The highest BCUT2D eigenvalue weighted by atomic mass is 16.1. The summed E-state index contributed by atoms with van der Waals surface area (Å²) in [7, 11) is 0. The maximum atomic E-state index is 10.7. The molecule has 0 saturated carbocycles. The van der Waals surface area contributed by atoms with Gasteiger partial charge < -0.3 is 4.90 Å². The Morgan fingerprint density at radius 2 is 2.50 bits per heavy atom. The Morgan fingerprint density at radius 3 is 3.14 bits per heavy atom. The molecule has 2 aliphatic heterocycles. The summed E-state index contributed by atoms with van der Waals surface area (Å²) in [5.74, 6) is 0.704. The van der Waals surface area contributed by atoms with Crippen molar-refractivity contribution < 1.29 is 4.79 Å². The highest BCUT2D eigenvalue weighted by Crippen LogP contribution is 2.24. The van der Waals surface area contributed by atoms with E-state index in [2.05, 4.69) is 11.1 Å². The van der Waals surface area contributed by atoms with E-state index >= 15 is 0 Å². The fourth-order valence-corrected chi connectivity index (χ4v) is 1.64. The number of hydrogen-bond acceptors (Lipinski definition) is 4. The van der Waals surface area contributed by atoms with E-state index in [1.807, 2.05) is 4.90 Å². The minimum absolute atomic E-state index is 0.520. The Labute approximate surface area is 81.8 Å². The zero-order chi connectivity index (χ0) is 10.1. The first-order valence-electron chi connectivity index (χ1n) is 4.37. The lowest BCUT2D eigenvalue weighted by atomic mass is 9.99. The predicted octanol–water partition coefficient (Wildman–Crippen LogP) is 0.637. The van der Waals surface area contributed by atoms with Gasteiger partial charge in [0, 0.05) is 18.3 Å². The van der Waals surface area contributed by atoms with E-state index in [9.17, 15) is 4.79 Å². The minimum Gasteiger partial charge on any atom is -0.330 e. The van der Waals surface area contributed by atoms with Crippen molar-refractivity contribution in [2.45, 2.75) is 6.92 Å².